The van der Waals surface area contributed by atoms with Crippen LogP contribution in [0.15, 0.2) is 9.96 Å². The second-order valence-electron chi connectivity index (χ2n) is 1.75. The Morgan fingerprint density at radius 1 is 1.75 bits per heavy atom. The average Bonchev–Trinajstić information content (AvgIpc) is 2.54. The van der Waals surface area contributed by atoms with Gasteiger partial charge in [-0.3, -0.25) is 0 Å². The summed E-state index contributed by atoms with van der Waals surface area (Å²) in [7, 11) is 0. The maximum atomic E-state index is 7.81. The van der Waals surface area contributed by atoms with Gasteiger partial charge in [-0.2, -0.15) is 0 Å². The van der Waals surface area contributed by atoms with Crippen LogP contribution in [0.3, 0.4) is 0 Å². The molecule has 0 bridgehead atoms. The summed E-state index contributed by atoms with van der Waals surface area (Å²) in [6, 6.07) is 0. The highest BCUT2D eigenvalue weighted by atomic mass is 79.9. The third-order valence-corrected chi connectivity index (χ3v) is 2.42. The van der Waals surface area contributed by atoms with E-state index in [2.05, 4.69) is 25.7 Å². The number of rotatable bonds is 1. The average molecular weight is 258 g/mol. The lowest BCUT2D eigenvalue weighted by molar-refractivity contribution is 0.122. The van der Waals surface area contributed by atoms with E-state index < -0.39 is 26.1 Å². The van der Waals surface area contributed by atoms with Gasteiger partial charge in [0.25, 0.3) is 0 Å². The summed E-state index contributed by atoms with van der Waals surface area (Å²) in [5, 5.41) is -0.484. The molecule has 5 heteroatoms. The second-order valence-corrected chi connectivity index (χ2v) is 3.28. The fourth-order valence-electron chi connectivity index (χ4n) is 0.599. The minimum absolute atomic E-state index is 0.0294. The fraction of sp³-hybridized carbons (Fsp3) is 0.571. The first-order chi connectivity index (χ1) is 9.24. The number of hydrogen-bond donors (Lipinski definition) is 0. The molecular formula is C7H9BrN2OS. The van der Waals surface area contributed by atoms with Crippen molar-refractivity contribution in [1.82, 2.24) is 4.98 Å². The van der Waals surface area contributed by atoms with Gasteiger partial charge >= 0.3 is 0 Å². The Morgan fingerprint density at radius 3 is 3.08 bits per heavy atom. The molecule has 12 heavy (non-hydrogen) atoms. The SMILES string of the molecule is [2H]c1sc(N2C([2H])([2H])C([2H])([2H])OC([2H])([2H])C2([2H])[2H])nc1Br. The van der Waals surface area contributed by atoms with Gasteiger partial charge in [0.15, 0.2) is 5.13 Å². The van der Waals surface area contributed by atoms with E-state index in [-0.39, 0.29) is 20.0 Å². The summed E-state index contributed by atoms with van der Waals surface area (Å²) in [5.74, 6) is 0. The van der Waals surface area contributed by atoms with Crippen LogP contribution in [0.2, 0.25) is 0 Å². The number of morpholine rings is 1. The first kappa shape index (κ1) is 2.93. The first-order valence-electron chi connectivity index (χ1n) is 7.37. The lowest BCUT2D eigenvalue weighted by Crippen LogP contribution is -2.36. The summed E-state index contributed by atoms with van der Waals surface area (Å²) in [6.45, 7) is -12.3. The van der Waals surface area contributed by atoms with Crippen LogP contribution < -0.4 is 4.90 Å². The topological polar surface area (TPSA) is 25.4 Å². The molecule has 0 atom stereocenters. The number of aromatic nitrogens is 1. The highest BCUT2D eigenvalue weighted by Crippen LogP contribution is 2.23. The van der Waals surface area contributed by atoms with Gasteiger partial charge < -0.3 is 9.64 Å². The van der Waals surface area contributed by atoms with Crippen molar-refractivity contribution in [2.24, 2.45) is 0 Å². The van der Waals surface area contributed by atoms with Gasteiger partial charge in [0.1, 0.15) is 4.60 Å². The van der Waals surface area contributed by atoms with Crippen LogP contribution in [0.1, 0.15) is 12.3 Å². The number of hydrogen-bond acceptors (Lipinski definition) is 4. The van der Waals surface area contributed by atoms with Crippen molar-refractivity contribution >= 4 is 32.4 Å². The summed E-state index contributed by atoms with van der Waals surface area (Å²) in [6.07, 6.45) is 0. The lowest BCUT2D eigenvalue weighted by atomic mass is 10.5. The summed E-state index contributed by atoms with van der Waals surface area (Å²) >= 11 is 3.53. The Labute approximate surface area is 96.1 Å². The highest BCUT2D eigenvalue weighted by molar-refractivity contribution is 9.10. The third-order valence-electron chi connectivity index (χ3n) is 1.03. The fourth-order valence-corrected chi connectivity index (χ4v) is 1.67. The minimum atomic E-state index is -3.12. The predicted molar refractivity (Wildman–Crippen MR) is 52.8 cm³/mol. The smallest absolute Gasteiger partial charge is 0.186 e. The van der Waals surface area contributed by atoms with Crippen LogP contribution in [0.4, 0.5) is 5.13 Å². The van der Waals surface area contributed by atoms with Crippen LogP contribution in [-0.4, -0.2) is 31.1 Å². The quantitative estimate of drug-likeness (QED) is 0.767. The molecule has 66 valence electrons. The van der Waals surface area contributed by atoms with E-state index in [9.17, 15) is 0 Å². The van der Waals surface area contributed by atoms with E-state index in [0.29, 0.717) is 11.3 Å². The van der Waals surface area contributed by atoms with Crippen molar-refractivity contribution < 1.29 is 17.1 Å². The molecule has 0 aliphatic carbocycles. The summed E-state index contributed by atoms with van der Waals surface area (Å²) in [5.41, 5.74) is 0. The Hall–Kier alpha value is -0.130. The molecule has 2 heterocycles. The Kier molecular flexibility index (Phi) is 0.909. The highest BCUT2D eigenvalue weighted by Gasteiger charge is 2.13. The van der Waals surface area contributed by atoms with Gasteiger partial charge in [0.2, 0.25) is 0 Å². The summed E-state index contributed by atoms with van der Waals surface area (Å²) < 4.78 is 73.3. The maximum Gasteiger partial charge on any atom is 0.186 e. The monoisotopic (exact) mass is 257 g/mol. The predicted octanol–water partition coefficient (Wildman–Crippen LogP) is 1.74. The van der Waals surface area contributed by atoms with Crippen molar-refractivity contribution in [2.75, 3.05) is 31.0 Å². The van der Waals surface area contributed by atoms with Crippen LogP contribution in [0.5, 0.6) is 0 Å². The van der Waals surface area contributed by atoms with E-state index in [4.69, 9.17) is 12.3 Å². The first-order valence-corrected chi connectivity index (χ1v) is 4.48. The molecule has 1 aromatic heterocycles. The van der Waals surface area contributed by atoms with E-state index in [1.54, 1.807) is 0 Å². The van der Waals surface area contributed by atoms with E-state index in [1.807, 2.05) is 0 Å². The molecule has 0 radical (unpaired) electrons. The number of nitrogens with zero attached hydrogens (tertiary/aromatic N) is 2. The normalized spacial score (nSPS) is 46.1. The largest absolute Gasteiger partial charge is 0.378 e. The molecule has 1 saturated heterocycles. The molecule has 1 aromatic rings. The molecule has 2 rings (SSSR count). The number of anilines is 1. The van der Waals surface area contributed by atoms with Gasteiger partial charge in [0, 0.05) is 18.3 Å². The van der Waals surface area contributed by atoms with Crippen molar-refractivity contribution in [1.29, 1.82) is 0 Å². The molecule has 0 unspecified atom stereocenters. The molecule has 3 nitrogen and oxygen atoms in total. The molecule has 0 amide bonds. The Bertz CT molecular complexity index is 531. The van der Waals surface area contributed by atoms with Gasteiger partial charge in [-0.15, -0.1) is 11.3 Å². The Balaban J connectivity index is 2.67. The number of thiazole rings is 1. The second kappa shape index (κ2) is 3.72. The number of halogens is 1. The van der Waals surface area contributed by atoms with Gasteiger partial charge in [-0.05, 0) is 15.9 Å². The van der Waals surface area contributed by atoms with Crippen LogP contribution in [0.25, 0.3) is 0 Å². The lowest BCUT2D eigenvalue weighted by Gasteiger charge is -2.25. The third kappa shape index (κ3) is 1.78. The van der Waals surface area contributed by atoms with Crippen molar-refractivity contribution in [3.8, 4) is 0 Å². The molecule has 0 spiro atoms. The zero-order valence-electron chi connectivity index (χ0n) is 14.6. The van der Waals surface area contributed by atoms with E-state index in [1.165, 1.54) is 0 Å². The van der Waals surface area contributed by atoms with Crippen LogP contribution in [-0.2, 0) is 4.74 Å². The van der Waals surface area contributed by atoms with Crippen LogP contribution in [0, 0.1) is 0 Å². The maximum absolute atomic E-state index is 7.81. The molecule has 1 fully saturated rings. The molecule has 1 aliphatic heterocycles. The zero-order valence-corrected chi connectivity index (χ0v) is 7.99. The van der Waals surface area contributed by atoms with Gasteiger partial charge in [-0.25, -0.2) is 4.98 Å². The molecular weight excluding hydrogens is 240 g/mol. The molecule has 0 saturated carbocycles. The van der Waals surface area contributed by atoms with Gasteiger partial charge in [-0.1, -0.05) is 0 Å². The van der Waals surface area contributed by atoms with E-state index in [0.717, 1.165) is 0 Å². The standard InChI is InChI=1S/C7H9BrN2OS/c8-6-5-12-7(9-6)10-1-3-11-4-2-10/h5H,1-4H2/i1D2,2D2,3D2,4D2,5D. The van der Waals surface area contributed by atoms with Crippen LogP contribution >= 0.6 is 27.3 Å². The van der Waals surface area contributed by atoms with Gasteiger partial charge in [0.05, 0.1) is 25.5 Å². The van der Waals surface area contributed by atoms with Crippen molar-refractivity contribution in [3.63, 3.8) is 0 Å². The van der Waals surface area contributed by atoms with E-state index >= 15 is 0 Å². The zero-order chi connectivity index (χ0) is 16.4. The van der Waals surface area contributed by atoms with Crippen molar-refractivity contribution in [3.05, 3.63) is 9.96 Å². The Morgan fingerprint density at radius 2 is 2.50 bits per heavy atom. The number of ether oxygens (including phenoxy) is 1. The molecule has 0 aromatic carbocycles. The van der Waals surface area contributed by atoms with Crippen molar-refractivity contribution in [2.45, 2.75) is 0 Å². The minimum Gasteiger partial charge on any atom is -0.378 e. The summed E-state index contributed by atoms with van der Waals surface area (Å²) in [4.78, 5) is 4.01. The molecule has 0 N–H and O–H groups in total. The molecule has 1 aliphatic rings.